The SMILES string of the molecule is CCNCc1sc(N2CCN(C)CC2)nc1CC. The highest BCUT2D eigenvalue weighted by Crippen LogP contribution is 2.27. The van der Waals surface area contributed by atoms with E-state index in [1.807, 2.05) is 11.3 Å². The van der Waals surface area contributed by atoms with Crippen LogP contribution in [0, 0.1) is 0 Å². The summed E-state index contributed by atoms with van der Waals surface area (Å²) in [6.45, 7) is 10.8. The Labute approximate surface area is 114 Å². The Kier molecular flexibility index (Phi) is 4.97. The fraction of sp³-hybridized carbons (Fsp3) is 0.769. The standard InChI is InChI=1S/C13H24N4S/c1-4-11-12(10-14-5-2)18-13(15-11)17-8-6-16(3)7-9-17/h14H,4-10H2,1-3H3. The normalized spacial score (nSPS) is 17.4. The molecule has 0 amide bonds. The van der Waals surface area contributed by atoms with Gasteiger partial charge in [0.2, 0.25) is 0 Å². The van der Waals surface area contributed by atoms with Gasteiger partial charge in [-0.2, -0.15) is 0 Å². The lowest BCUT2D eigenvalue weighted by Gasteiger charge is -2.32. The number of hydrogen-bond acceptors (Lipinski definition) is 5. The van der Waals surface area contributed by atoms with E-state index in [1.165, 1.54) is 15.7 Å². The van der Waals surface area contributed by atoms with Gasteiger partial charge in [-0.15, -0.1) is 11.3 Å². The molecule has 1 aliphatic rings. The molecule has 5 heteroatoms. The number of aromatic nitrogens is 1. The van der Waals surface area contributed by atoms with Crippen molar-refractivity contribution in [3.8, 4) is 0 Å². The van der Waals surface area contributed by atoms with Crippen molar-refractivity contribution in [3.63, 3.8) is 0 Å². The molecule has 0 radical (unpaired) electrons. The van der Waals surface area contributed by atoms with Gasteiger partial charge in [0, 0.05) is 37.6 Å². The lowest BCUT2D eigenvalue weighted by atomic mass is 10.3. The molecule has 1 aliphatic heterocycles. The lowest BCUT2D eigenvalue weighted by Crippen LogP contribution is -2.44. The Hall–Kier alpha value is -0.650. The molecule has 18 heavy (non-hydrogen) atoms. The van der Waals surface area contributed by atoms with Gasteiger partial charge in [-0.25, -0.2) is 4.98 Å². The molecule has 1 saturated heterocycles. The topological polar surface area (TPSA) is 31.4 Å². The van der Waals surface area contributed by atoms with E-state index in [0.717, 1.165) is 45.7 Å². The van der Waals surface area contributed by atoms with Crippen molar-refractivity contribution in [1.29, 1.82) is 0 Å². The Morgan fingerprint density at radius 1 is 1.22 bits per heavy atom. The van der Waals surface area contributed by atoms with E-state index in [0.29, 0.717) is 0 Å². The quantitative estimate of drug-likeness (QED) is 0.878. The summed E-state index contributed by atoms with van der Waals surface area (Å²) in [6.07, 6.45) is 1.03. The van der Waals surface area contributed by atoms with Gasteiger partial charge in [0.1, 0.15) is 0 Å². The highest BCUT2D eigenvalue weighted by molar-refractivity contribution is 7.15. The van der Waals surface area contributed by atoms with E-state index in [-0.39, 0.29) is 0 Å². The molecule has 2 rings (SSSR count). The van der Waals surface area contributed by atoms with Crippen LogP contribution in [0.2, 0.25) is 0 Å². The van der Waals surface area contributed by atoms with Gasteiger partial charge in [-0.05, 0) is 20.0 Å². The zero-order valence-corrected chi connectivity index (χ0v) is 12.5. The molecular weight excluding hydrogens is 244 g/mol. The summed E-state index contributed by atoms with van der Waals surface area (Å²) in [7, 11) is 2.19. The number of thiazole rings is 1. The third-order valence-corrected chi connectivity index (χ3v) is 4.57. The van der Waals surface area contributed by atoms with Gasteiger partial charge < -0.3 is 15.1 Å². The van der Waals surface area contributed by atoms with Crippen molar-refractivity contribution in [2.75, 3.05) is 44.7 Å². The van der Waals surface area contributed by atoms with Crippen LogP contribution >= 0.6 is 11.3 Å². The molecule has 0 atom stereocenters. The van der Waals surface area contributed by atoms with Crippen LogP contribution in [0.3, 0.4) is 0 Å². The number of rotatable bonds is 5. The number of likely N-dealkylation sites (N-methyl/N-ethyl adjacent to an activating group) is 1. The van der Waals surface area contributed by atoms with Crippen LogP contribution in [-0.4, -0.2) is 49.7 Å². The Bertz CT molecular complexity index is 369. The maximum atomic E-state index is 4.82. The van der Waals surface area contributed by atoms with Gasteiger partial charge in [0.25, 0.3) is 0 Å². The summed E-state index contributed by atoms with van der Waals surface area (Å²) in [4.78, 5) is 11.0. The van der Waals surface area contributed by atoms with Crippen LogP contribution in [0.15, 0.2) is 0 Å². The molecule has 1 aromatic heterocycles. The molecule has 0 aliphatic carbocycles. The van der Waals surface area contributed by atoms with Crippen molar-refractivity contribution in [2.45, 2.75) is 26.8 Å². The Balaban J connectivity index is 2.06. The minimum absolute atomic E-state index is 0.963. The number of nitrogens with zero attached hydrogens (tertiary/aromatic N) is 3. The van der Waals surface area contributed by atoms with E-state index in [9.17, 15) is 0 Å². The fourth-order valence-electron chi connectivity index (χ4n) is 2.16. The monoisotopic (exact) mass is 268 g/mol. The van der Waals surface area contributed by atoms with Gasteiger partial charge in [0.05, 0.1) is 5.69 Å². The van der Waals surface area contributed by atoms with Crippen molar-refractivity contribution in [1.82, 2.24) is 15.2 Å². The second-order valence-electron chi connectivity index (χ2n) is 4.79. The maximum Gasteiger partial charge on any atom is 0.185 e. The molecule has 0 bridgehead atoms. The fourth-order valence-corrected chi connectivity index (χ4v) is 3.33. The number of anilines is 1. The van der Waals surface area contributed by atoms with Crippen molar-refractivity contribution in [2.24, 2.45) is 0 Å². The third-order valence-electron chi connectivity index (χ3n) is 3.41. The molecule has 4 nitrogen and oxygen atoms in total. The Morgan fingerprint density at radius 2 is 1.94 bits per heavy atom. The highest BCUT2D eigenvalue weighted by atomic mass is 32.1. The zero-order chi connectivity index (χ0) is 13.0. The average molecular weight is 268 g/mol. The third kappa shape index (κ3) is 3.22. The predicted molar refractivity (Wildman–Crippen MR) is 78.6 cm³/mol. The van der Waals surface area contributed by atoms with Gasteiger partial charge in [0.15, 0.2) is 5.13 Å². The van der Waals surface area contributed by atoms with E-state index < -0.39 is 0 Å². The lowest BCUT2D eigenvalue weighted by molar-refractivity contribution is 0.312. The first-order valence-corrected chi connectivity index (χ1v) is 7.69. The maximum absolute atomic E-state index is 4.82. The van der Waals surface area contributed by atoms with Crippen molar-refractivity contribution < 1.29 is 0 Å². The minimum atomic E-state index is 0.963. The molecule has 2 heterocycles. The minimum Gasteiger partial charge on any atom is -0.346 e. The summed E-state index contributed by atoms with van der Waals surface area (Å²) in [5.74, 6) is 0. The van der Waals surface area contributed by atoms with Crippen molar-refractivity contribution in [3.05, 3.63) is 10.6 Å². The molecular formula is C13H24N4S. The summed E-state index contributed by atoms with van der Waals surface area (Å²) in [5, 5.41) is 4.62. The first-order valence-electron chi connectivity index (χ1n) is 6.87. The van der Waals surface area contributed by atoms with Crippen LogP contribution in [0.5, 0.6) is 0 Å². The molecule has 1 aromatic rings. The van der Waals surface area contributed by atoms with Crippen LogP contribution in [0.25, 0.3) is 0 Å². The molecule has 0 aromatic carbocycles. The molecule has 1 fully saturated rings. The number of piperazine rings is 1. The smallest absolute Gasteiger partial charge is 0.185 e. The van der Waals surface area contributed by atoms with Gasteiger partial charge in [-0.3, -0.25) is 0 Å². The second kappa shape index (κ2) is 6.50. The summed E-state index contributed by atoms with van der Waals surface area (Å²) in [6, 6.07) is 0. The van der Waals surface area contributed by atoms with Crippen LogP contribution in [0.1, 0.15) is 24.4 Å². The molecule has 102 valence electrons. The average Bonchev–Trinajstić information content (AvgIpc) is 2.80. The summed E-state index contributed by atoms with van der Waals surface area (Å²) in [5.41, 5.74) is 1.27. The number of aryl methyl sites for hydroxylation is 1. The zero-order valence-electron chi connectivity index (χ0n) is 11.7. The van der Waals surface area contributed by atoms with Gasteiger partial charge >= 0.3 is 0 Å². The van der Waals surface area contributed by atoms with E-state index in [2.05, 4.69) is 36.0 Å². The van der Waals surface area contributed by atoms with E-state index in [1.54, 1.807) is 0 Å². The first kappa shape index (κ1) is 13.8. The van der Waals surface area contributed by atoms with Crippen LogP contribution in [-0.2, 0) is 13.0 Å². The molecule has 0 saturated carbocycles. The molecule has 0 unspecified atom stereocenters. The molecule has 1 N–H and O–H groups in total. The predicted octanol–water partition coefficient (Wildman–Crippen LogP) is 1.57. The highest BCUT2D eigenvalue weighted by Gasteiger charge is 2.19. The first-order chi connectivity index (χ1) is 8.74. The molecule has 0 spiro atoms. The summed E-state index contributed by atoms with van der Waals surface area (Å²) >= 11 is 1.87. The second-order valence-corrected chi connectivity index (χ2v) is 5.85. The summed E-state index contributed by atoms with van der Waals surface area (Å²) < 4.78 is 0. The van der Waals surface area contributed by atoms with Crippen LogP contribution < -0.4 is 10.2 Å². The van der Waals surface area contributed by atoms with E-state index >= 15 is 0 Å². The van der Waals surface area contributed by atoms with E-state index in [4.69, 9.17) is 4.98 Å². The van der Waals surface area contributed by atoms with Gasteiger partial charge in [-0.1, -0.05) is 13.8 Å². The number of nitrogens with one attached hydrogen (secondary N) is 1. The van der Waals surface area contributed by atoms with Crippen LogP contribution in [0.4, 0.5) is 5.13 Å². The Morgan fingerprint density at radius 3 is 2.56 bits per heavy atom. The largest absolute Gasteiger partial charge is 0.346 e. The number of hydrogen-bond donors (Lipinski definition) is 1. The van der Waals surface area contributed by atoms with Crippen molar-refractivity contribution >= 4 is 16.5 Å².